The van der Waals surface area contributed by atoms with Crippen molar-refractivity contribution in [3.63, 3.8) is 0 Å². The highest BCUT2D eigenvalue weighted by Gasteiger charge is 2.11. The molecule has 0 aliphatic rings. The van der Waals surface area contributed by atoms with Crippen molar-refractivity contribution in [1.29, 1.82) is 0 Å². The monoisotopic (exact) mass is 320 g/mol. The van der Waals surface area contributed by atoms with Crippen LogP contribution in [-0.4, -0.2) is 11.7 Å². The van der Waals surface area contributed by atoms with E-state index in [1.807, 2.05) is 55.5 Å². The second kappa shape index (κ2) is 6.73. The fourth-order valence-electron chi connectivity index (χ4n) is 1.97. The van der Waals surface area contributed by atoms with Crippen molar-refractivity contribution >= 4 is 15.9 Å². The lowest BCUT2D eigenvalue weighted by Crippen LogP contribution is -2.03. The lowest BCUT2D eigenvalue weighted by molar-refractivity contribution is 0.177. The van der Waals surface area contributed by atoms with Crippen LogP contribution in [0.1, 0.15) is 24.2 Å². The van der Waals surface area contributed by atoms with Gasteiger partial charge in [0, 0.05) is 10.9 Å². The fourth-order valence-corrected chi connectivity index (χ4v) is 2.42. The zero-order chi connectivity index (χ0) is 13.7. The molecular formula is C16H17BrO2. The van der Waals surface area contributed by atoms with Gasteiger partial charge in [-0.2, -0.15) is 0 Å². The van der Waals surface area contributed by atoms with Gasteiger partial charge in [-0.25, -0.2) is 0 Å². The van der Waals surface area contributed by atoms with Crippen LogP contribution in [0.5, 0.6) is 5.75 Å². The maximum absolute atomic E-state index is 10.3. The molecule has 1 N–H and O–H groups in total. The third-order valence-corrected chi connectivity index (χ3v) is 3.70. The van der Waals surface area contributed by atoms with Gasteiger partial charge in [0.25, 0.3) is 0 Å². The molecule has 0 saturated carbocycles. The molecule has 0 aliphatic heterocycles. The zero-order valence-corrected chi connectivity index (χ0v) is 12.4. The molecule has 0 saturated heterocycles. The van der Waals surface area contributed by atoms with Crippen molar-refractivity contribution in [1.82, 2.24) is 0 Å². The van der Waals surface area contributed by atoms with Gasteiger partial charge in [0.05, 0.1) is 12.7 Å². The first kappa shape index (κ1) is 14.1. The molecule has 0 aliphatic carbocycles. The molecule has 2 aromatic rings. The number of rotatable bonds is 5. The molecule has 2 aromatic carbocycles. The summed E-state index contributed by atoms with van der Waals surface area (Å²) >= 11 is 3.50. The average molecular weight is 321 g/mol. The van der Waals surface area contributed by atoms with Crippen LogP contribution in [0, 0.1) is 0 Å². The van der Waals surface area contributed by atoms with Gasteiger partial charge in [-0.05, 0) is 36.2 Å². The molecule has 2 rings (SSSR count). The summed E-state index contributed by atoms with van der Waals surface area (Å²) in [6, 6.07) is 15.6. The van der Waals surface area contributed by atoms with Crippen molar-refractivity contribution in [2.45, 2.75) is 19.4 Å². The Morgan fingerprint density at radius 3 is 2.68 bits per heavy atom. The van der Waals surface area contributed by atoms with E-state index in [0.717, 1.165) is 21.3 Å². The van der Waals surface area contributed by atoms with E-state index in [2.05, 4.69) is 15.9 Å². The standard InChI is InChI=1S/C16H17BrO2/c1-2-19-14-8-5-7-13(10-14)16(18)11-12-6-3-4-9-15(12)17/h3-10,16,18H,2,11H2,1H3. The molecule has 0 heterocycles. The summed E-state index contributed by atoms with van der Waals surface area (Å²) in [6.07, 6.45) is 0.0518. The summed E-state index contributed by atoms with van der Waals surface area (Å²) in [5, 5.41) is 10.3. The van der Waals surface area contributed by atoms with Gasteiger partial charge in [0.1, 0.15) is 5.75 Å². The molecule has 0 radical (unpaired) electrons. The summed E-state index contributed by atoms with van der Waals surface area (Å²) in [5.41, 5.74) is 1.97. The van der Waals surface area contributed by atoms with E-state index < -0.39 is 6.10 Å². The van der Waals surface area contributed by atoms with E-state index >= 15 is 0 Å². The van der Waals surface area contributed by atoms with Crippen molar-refractivity contribution < 1.29 is 9.84 Å². The van der Waals surface area contributed by atoms with Crippen LogP contribution >= 0.6 is 15.9 Å². The highest BCUT2D eigenvalue weighted by molar-refractivity contribution is 9.10. The van der Waals surface area contributed by atoms with Crippen molar-refractivity contribution in [2.24, 2.45) is 0 Å². The van der Waals surface area contributed by atoms with Crippen LogP contribution in [0.25, 0.3) is 0 Å². The van der Waals surface area contributed by atoms with Gasteiger partial charge in [0.2, 0.25) is 0 Å². The second-order valence-electron chi connectivity index (χ2n) is 4.32. The highest BCUT2D eigenvalue weighted by atomic mass is 79.9. The predicted octanol–water partition coefficient (Wildman–Crippen LogP) is 4.12. The topological polar surface area (TPSA) is 29.5 Å². The normalized spacial score (nSPS) is 12.2. The number of aliphatic hydroxyl groups is 1. The first-order valence-electron chi connectivity index (χ1n) is 6.35. The maximum Gasteiger partial charge on any atom is 0.119 e. The molecule has 0 aromatic heterocycles. The minimum absolute atomic E-state index is 0.529. The fraction of sp³-hybridized carbons (Fsp3) is 0.250. The Labute approximate surface area is 122 Å². The van der Waals surface area contributed by atoms with Gasteiger partial charge < -0.3 is 9.84 Å². The number of hydrogen-bond donors (Lipinski definition) is 1. The SMILES string of the molecule is CCOc1cccc(C(O)Cc2ccccc2Br)c1. The first-order chi connectivity index (χ1) is 9.20. The second-order valence-corrected chi connectivity index (χ2v) is 5.17. The summed E-state index contributed by atoms with van der Waals surface area (Å²) < 4.78 is 6.47. The largest absolute Gasteiger partial charge is 0.494 e. The van der Waals surface area contributed by atoms with Crippen molar-refractivity contribution in [3.8, 4) is 5.75 Å². The minimum atomic E-state index is -0.529. The summed E-state index contributed by atoms with van der Waals surface area (Å²) in [6.45, 7) is 2.58. The van der Waals surface area contributed by atoms with Gasteiger partial charge >= 0.3 is 0 Å². The van der Waals surface area contributed by atoms with E-state index in [0.29, 0.717) is 13.0 Å². The number of ether oxygens (including phenoxy) is 1. The van der Waals surface area contributed by atoms with E-state index in [-0.39, 0.29) is 0 Å². The lowest BCUT2D eigenvalue weighted by atomic mass is 10.0. The number of benzene rings is 2. The Bertz CT molecular complexity index is 540. The summed E-state index contributed by atoms with van der Waals surface area (Å²) in [5.74, 6) is 0.797. The molecule has 1 atom stereocenters. The Kier molecular flexibility index (Phi) is 5.00. The first-order valence-corrected chi connectivity index (χ1v) is 7.14. The van der Waals surface area contributed by atoms with Gasteiger partial charge in [-0.1, -0.05) is 46.3 Å². The molecule has 100 valence electrons. The van der Waals surface area contributed by atoms with Crippen LogP contribution in [0.2, 0.25) is 0 Å². The third-order valence-electron chi connectivity index (χ3n) is 2.92. The lowest BCUT2D eigenvalue weighted by Gasteiger charge is -2.13. The Hall–Kier alpha value is -1.32. The molecule has 3 heteroatoms. The Morgan fingerprint density at radius 1 is 1.16 bits per heavy atom. The number of hydrogen-bond acceptors (Lipinski definition) is 2. The molecule has 0 fully saturated rings. The third kappa shape index (κ3) is 3.82. The van der Waals surface area contributed by atoms with Gasteiger partial charge in [-0.3, -0.25) is 0 Å². The molecular weight excluding hydrogens is 304 g/mol. The molecule has 2 nitrogen and oxygen atoms in total. The molecule has 0 amide bonds. The van der Waals surface area contributed by atoms with Crippen LogP contribution in [0.3, 0.4) is 0 Å². The number of aliphatic hydroxyl groups excluding tert-OH is 1. The van der Waals surface area contributed by atoms with Crippen LogP contribution in [0.15, 0.2) is 53.0 Å². The number of halogens is 1. The van der Waals surface area contributed by atoms with E-state index in [9.17, 15) is 5.11 Å². The molecule has 0 spiro atoms. The molecule has 1 unspecified atom stereocenters. The zero-order valence-electron chi connectivity index (χ0n) is 10.8. The summed E-state index contributed by atoms with van der Waals surface area (Å²) in [4.78, 5) is 0. The minimum Gasteiger partial charge on any atom is -0.494 e. The Balaban J connectivity index is 2.13. The predicted molar refractivity (Wildman–Crippen MR) is 80.4 cm³/mol. The molecule has 0 bridgehead atoms. The van der Waals surface area contributed by atoms with Crippen molar-refractivity contribution in [3.05, 3.63) is 64.1 Å². The maximum atomic E-state index is 10.3. The smallest absolute Gasteiger partial charge is 0.119 e. The Morgan fingerprint density at radius 2 is 1.95 bits per heavy atom. The average Bonchev–Trinajstić information content (AvgIpc) is 2.42. The van der Waals surface area contributed by atoms with E-state index in [4.69, 9.17) is 4.74 Å². The van der Waals surface area contributed by atoms with Crippen molar-refractivity contribution in [2.75, 3.05) is 6.61 Å². The quantitative estimate of drug-likeness (QED) is 0.897. The van der Waals surface area contributed by atoms with Crippen LogP contribution in [-0.2, 0) is 6.42 Å². The van der Waals surface area contributed by atoms with E-state index in [1.54, 1.807) is 0 Å². The van der Waals surface area contributed by atoms with Crippen LogP contribution in [0.4, 0.5) is 0 Å². The van der Waals surface area contributed by atoms with Gasteiger partial charge in [-0.15, -0.1) is 0 Å². The molecule has 19 heavy (non-hydrogen) atoms. The van der Waals surface area contributed by atoms with Gasteiger partial charge in [0.15, 0.2) is 0 Å². The summed E-state index contributed by atoms with van der Waals surface area (Å²) in [7, 11) is 0. The van der Waals surface area contributed by atoms with Crippen LogP contribution < -0.4 is 4.74 Å². The van der Waals surface area contributed by atoms with E-state index in [1.165, 1.54) is 0 Å². The highest BCUT2D eigenvalue weighted by Crippen LogP contribution is 2.25.